The van der Waals surface area contributed by atoms with E-state index in [0.29, 0.717) is 40.8 Å². The van der Waals surface area contributed by atoms with Crippen LogP contribution >= 0.6 is 0 Å². The Bertz CT molecular complexity index is 1400. The number of carbonyl (C=O) groups excluding carboxylic acids is 2. The highest BCUT2D eigenvalue weighted by Gasteiger charge is 2.60. The first kappa shape index (κ1) is 23.8. The van der Waals surface area contributed by atoms with Gasteiger partial charge >= 0.3 is 6.03 Å². The molecule has 2 saturated heterocycles. The number of nitrogens with zero attached hydrogens (tertiary/aromatic N) is 3. The van der Waals surface area contributed by atoms with Gasteiger partial charge in [-0.3, -0.25) is 14.6 Å². The van der Waals surface area contributed by atoms with Crippen molar-refractivity contribution in [1.29, 1.82) is 0 Å². The van der Waals surface area contributed by atoms with Crippen molar-refractivity contribution in [1.82, 2.24) is 19.7 Å². The number of hydrogen-bond donors (Lipinski definition) is 2. The average molecular weight is 507 g/mol. The number of aromatic nitrogens is 1. The van der Waals surface area contributed by atoms with Gasteiger partial charge in [-0.15, -0.1) is 0 Å². The Morgan fingerprint density at radius 3 is 2.65 bits per heavy atom. The smallest absolute Gasteiger partial charge is 0.328 e. The average Bonchev–Trinajstić information content (AvgIpc) is 3.34. The van der Waals surface area contributed by atoms with Gasteiger partial charge in [-0.2, -0.15) is 0 Å². The maximum absolute atomic E-state index is 15.6. The molecule has 2 N–H and O–H groups in total. The predicted molar refractivity (Wildman–Crippen MR) is 136 cm³/mol. The van der Waals surface area contributed by atoms with Gasteiger partial charge in [0.2, 0.25) is 0 Å². The van der Waals surface area contributed by atoms with Crippen molar-refractivity contribution in [3.8, 4) is 11.5 Å². The Morgan fingerprint density at radius 2 is 1.92 bits per heavy atom. The highest BCUT2D eigenvalue weighted by atomic mass is 19.1. The van der Waals surface area contributed by atoms with Crippen LogP contribution in [0.4, 0.5) is 9.18 Å². The molecule has 3 aromatic rings. The number of aromatic hydroxyl groups is 1. The fraction of sp³-hybridized carbons (Fsp3) is 0.429. The van der Waals surface area contributed by atoms with Crippen molar-refractivity contribution >= 4 is 22.8 Å². The number of imide groups is 1. The molecular weight excluding hydrogens is 475 g/mol. The molecule has 1 aromatic heterocycles. The number of H-pyrrole nitrogens is 1. The van der Waals surface area contributed by atoms with Gasteiger partial charge < -0.3 is 19.7 Å². The van der Waals surface area contributed by atoms with Crippen LogP contribution < -0.4 is 4.74 Å². The Kier molecular flexibility index (Phi) is 5.63. The van der Waals surface area contributed by atoms with Crippen molar-refractivity contribution in [3.05, 3.63) is 59.0 Å². The van der Waals surface area contributed by atoms with Gasteiger partial charge in [0.05, 0.1) is 7.11 Å². The highest BCUT2D eigenvalue weighted by molar-refractivity contribution is 6.08. The summed E-state index contributed by atoms with van der Waals surface area (Å²) in [6, 6.07) is 8.92. The van der Waals surface area contributed by atoms with E-state index < -0.39 is 17.4 Å². The molecule has 37 heavy (non-hydrogen) atoms. The van der Waals surface area contributed by atoms with E-state index in [1.807, 2.05) is 6.07 Å². The van der Waals surface area contributed by atoms with Crippen molar-refractivity contribution in [2.45, 2.75) is 44.2 Å². The third-order valence-corrected chi connectivity index (χ3v) is 8.22. The monoisotopic (exact) mass is 506 g/mol. The first-order valence-electron chi connectivity index (χ1n) is 12.9. The van der Waals surface area contributed by atoms with Gasteiger partial charge in [0, 0.05) is 36.1 Å². The van der Waals surface area contributed by atoms with E-state index in [1.54, 1.807) is 42.2 Å². The first-order chi connectivity index (χ1) is 17.8. The van der Waals surface area contributed by atoms with Gasteiger partial charge in [0.25, 0.3) is 5.91 Å². The molecular formula is C28H31FN4O4. The summed E-state index contributed by atoms with van der Waals surface area (Å²) in [6.07, 6.45) is 3.64. The van der Waals surface area contributed by atoms with E-state index in [4.69, 9.17) is 4.74 Å². The van der Waals surface area contributed by atoms with Crippen LogP contribution in [-0.4, -0.2) is 75.6 Å². The minimum atomic E-state index is -1.20. The maximum atomic E-state index is 15.6. The molecule has 2 unspecified atom stereocenters. The molecule has 0 saturated carbocycles. The molecule has 0 bridgehead atoms. The van der Waals surface area contributed by atoms with E-state index in [1.165, 1.54) is 18.4 Å². The summed E-state index contributed by atoms with van der Waals surface area (Å²) in [4.78, 5) is 36.5. The molecule has 8 nitrogen and oxygen atoms in total. The fourth-order valence-corrected chi connectivity index (χ4v) is 6.37. The second-order valence-electron chi connectivity index (χ2n) is 10.5. The second kappa shape index (κ2) is 8.76. The summed E-state index contributed by atoms with van der Waals surface area (Å²) < 4.78 is 20.8. The number of halogens is 1. The van der Waals surface area contributed by atoms with Crippen LogP contribution in [0.2, 0.25) is 0 Å². The number of rotatable bonds is 5. The van der Waals surface area contributed by atoms with Crippen LogP contribution in [0.1, 0.15) is 49.0 Å². The quantitative estimate of drug-likeness (QED) is 0.507. The van der Waals surface area contributed by atoms with Gasteiger partial charge in [-0.25, -0.2) is 9.18 Å². The second-order valence-corrected chi connectivity index (χ2v) is 10.5. The van der Waals surface area contributed by atoms with E-state index in [-0.39, 0.29) is 29.9 Å². The Labute approximate surface area is 214 Å². The normalized spacial score (nSPS) is 24.0. The van der Waals surface area contributed by atoms with Crippen LogP contribution in [-0.2, 0) is 11.2 Å². The van der Waals surface area contributed by atoms with Gasteiger partial charge in [-0.1, -0.05) is 18.6 Å². The van der Waals surface area contributed by atoms with Crippen LogP contribution in [0.5, 0.6) is 11.5 Å². The van der Waals surface area contributed by atoms with E-state index in [0.717, 1.165) is 25.9 Å². The van der Waals surface area contributed by atoms with Crippen LogP contribution in [0.3, 0.4) is 0 Å². The van der Waals surface area contributed by atoms with Crippen molar-refractivity contribution < 1.29 is 23.8 Å². The standard InChI is InChI=1S/C28H31FN4O4/c1-28-16-19-22-20(9-10-21(37-2)23(22)29)30-24(19)25(17-7-6-8-18(34)15-17)33(28)27(36)32(26(28)35)14-13-31-11-4-3-5-12-31/h6-10,15,25,30,34H,3-5,11-14,16H2,1-2H3. The summed E-state index contributed by atoms with van der Waals surface area (Å²) in [5.74, 6) is -0.603. The summed E-state index contributed by atoms with van der Waals surface area (Å²) in [5, 5.41) is 10.6. The number of urea groups is 1. The number of amides is 3. The third-order valence-electron chi connectivity index (χ3n) is 8.22. The lowest BCUT2D eigenvalue weighted by Gasteiger charge is -2.42. The molecule has 0 aliphatic carbocycles. The zero-order chi connectivity index (χ0) is 25.9. The molecule has 3 aliphatic rings. The number of hydrogen-bond acceptors (Lipinski definition) is 5. The van der Waals surface area contributed by atoms with Gasteiger partial charge in [0.15, 0.2) is 11.6 Å². The molecule has 0 spiro atoms. The Balaban J connectivity index is 1.47. The molecule has 194 valence electrons. The van der Waals surface area contributed by atoms with E-state index >= 15 is 4.39 Å². The molecule has 6 rings (SSSR count). The Hall–Kier alpha value is -3.59. The molecule has 2 fully saturated rings. The van der Waals surface area contributed by atoms with Gasteiger partial charge in [-0.05, 0) is 68.2 Å². The first-order valence-corrected chi connectivity index (χ1v) is 12.9. The van der Waals surface area contributed by atoms with Crippen molar-refractivity contribution in [3.63, 3.8) is 0 Å². The highest BCUT2D eigenvalue weighted by Crippen LogP contribution is 2.49. The van der Waals surface area contributed by atoms with Crippen LogP contribution in [0, 0.1) is 5.82 Å². The predicted octanol–water partition coefficient (Wildman–Crippen LogP) is 4.18. The zero-order valence-corrected chi connectivity index (χ0v) is 21.1. The number of benzene rings is 2. The lowest BCUT2D eigenvalue weighted by atomic mass is 9.81. The molecule has 3 amide bonds. The van der Waals surface area contributed by atoms with Crippen molar-refractivity contribution in [2.75, 3.05) is 33.3 Å². The van der Waals surface area contributed by atoms with Crippen LogP contribution in [0.15, 0.2) is 36.4 Å². The Morgan fingerprint density at radius 1 is 1.14 bits per heavy atom. The summed E-state index contributed by atoms with van der Waals surface area (Å²) in [5.41, 5.74) is 1.30. The fourth-order valence-electron chi connectivity index (χ4n) is 6.37. The lowest BCUT2D eigenvalue weighted by Crippen LogP contribution is -2.53. The number of methoxy groups -OCH3 is 1. The number of likely N-dealkylation sites (tertiary alicyclic amines) is 1. The number of fused-ring (bicyclic) bond motifs is 4. The molecule has 4 heterocycles. The topological polar surface area (TPSA) is 89.1 Å². The number of carbonyl (C=O) groups is 2. The molecule has 0 radical (unpaired) electrons. The number of phenols is 1. The minimum absolute atomic E-state index is 0.0511. The number of nitrogens with one attached hydrogen (secondary N) is 1. The SMILES string of the molecule is COc1ccc2[nH]c3c(c2c1F)CC1(C)C(=O)N(CCN2CCCCC2)C(=O)N1C3c1cccc(O)c1. The number of ether oxygens (including phenoxy) is 1. The number of piperidine rings is 1. The summed E-state index contributed by atoms with van der Waals surface area (Å²) >= 11 is 0. The van der Waals surface area contributed by atoms with E-state index in [2.05, 4.69) is 9.88 Å². The third kappa shape index (κ3) is 3.59. The molecule has 2 atom stereocenters. The molecule has 3 aliphatic heterocycles. The van der Waals surface area contributed by atoms with Crippen LogP contribution in [0.25, 0.3) is 10.9 Å². The number of phenolic OH excluding ortho intramolecular Hbond substituents is 1. The summed E-state index contributed by atoms with van der Waals surface area (Å²) in [7, 11) is 1.42. The maximum Gasteiger partial charge on any atom is 0.328 e. The van der Waals surface area contributed by atoms with Gasteiger partial charge in [0.1, 0.15) is 17.3 Å². The molecule has 9 heteroatoms. The molecule has 2 aromatic carbocycles. The van der Waals surface area contributed by atoms with Crippen molar-refractivity contribution in [2.24, 2.45) is 0 Å². The number of aromatic amines is 1. The minimum Gasteiger partial charge on any atom is -0.508 e. The van der Waals surface area contributed by atoms with E-state index in [9.17, 15) is 14.7 Å². The zero-order valence-electron chi connectivity index (χ0n) is 21.1. The summed E-state index contributed by atoms with van der Waals surface area (Å²) in [6.45, 7) is 4.66. The lowest BCUT2D eigenvalue weighted by molar-refractivity contribution is -0.133. The largest absolute Gasteiger partial charge is 0.508 e.